The Morgan fingerprint density at radius 2 is 1.30 bits per heavy atom. The lowest BCUT2D eigenvalue weighted by Crippen LogP contribution is -2.42. The summed E-state index contributed by atoms with van der Waals surface area (Å²) >= 11 is 3.25. The standard InChI is InChI=1S/C20H15BrFN3O4S/c21-17-7-3-1-5-15(17)19(26)23-24-20(27)16-6-2-4-8-18(16)25-30(28,29)14-11-9-13(22)10-12-14/h1-12,25H,(H,23,26)(H,24,27). The second kappa shape index (κ2) is 9.06. The molecule has 0 bridgehead atoms. The highest BCUT2D eigenvalue weighted by atomic mass is 79.9. The molecule has 3 aromatic rings. The van der Waals surface area contributed by atoms with Crippen LogP contribution in [0.25, 0.3) is 0 Å². The molecule has 7 nitrogen and oxygen atoms in total. The predicted molar refractivity (Wildman–Crippen MR) is 113 cm³/mol. The SMILES string of the molecule is O=C(NNC(=O)c1ccccc1NS(=O)(=O)c1ccc(F)cc1)c1ccccc1Br. The molecule has 3 N–H and O–H groups in total. The van der Waals surface area contributed by atoms with Crippen LogP contribution < -0.4 is 15.6 Å². The highest BCUT2D eigenvalue weighted by Crippen LogP contribution is 2.20. The summed E-state index contributed by atoms with van der Waals surface area (Å²) in [5.41, 5.74) is 4.82. The largest absolute Gasteiger partial charge is 0.279 e. The van der Waals surface area contributed by atoms with Crippen molar-refractivity contribution in [2.24, 2.45) is 0 Å². The number of hydrazine groups is 1. The van der Waals surface area contributed by atoms with Gasteiger partial charge in [-0.1, -0.05) is 24.3 Å². The van der Waals surface area contributed by atoms with Crippen molar-refractivity contribution in [1.29, 1.82) is 0 Å². The molecule has 0 aliphatic heterocycles. The van der Waals surface area contributed by atoms with Gasteiger partial charge in [0, 0.05) is 4.47 Å². The number of carbonyl (C=O) groups excluding carboxylic acids is 2. The number of rotatable bonds is 5. The van der Waals surface area contributed by atoms with E-state index in [9.17, 15) is 22.4 Å². The zero-order chi connectivity index (χ0) is 21.7. The Morgan fingerprint density at radius 3 is 1.93 bits per heavy atom. The van der Waals surface area contributed by atoms with Gasteiger partial charge in [-0.25, -0.2) is 12.8 Å². The second-order valence-electron chi connectivity index (χ2n) is 5.99. The monoisotopic (exact) mass is 491 g/mol. The van der Waals surface area contributed by atoms with Crippen LogP contribution in [0.1, 0.15) is 20.7 Å². The van der Waals surface area contributed by atoms with Crippen LogP contribution in [0.15, 0.2) is 82.2 Å². The minimum absolute atomic E-state index is 0.00512. The molecule has 3 rings (SSSR count). The van der Waals surface area contributed by atoms with Gasteiger partial charge in [-0.15, -0.1) is 0 Å². The van der Waals surface area contributed by atoms with E-state index in [0.29, 0.717) is 10.0 Å². The van der Waals surface area contributed by atoms with Crippen LogP contribution in [-0.4, -0.2) is 20.2 Å². The van der Waals surface area contributed by atoms with E-state index >= 15 is 0 Å². The molecule has 0 spiro atoms. The fourth-order valence-electron chi connectivity index (χ4n) is 2.48. The third kappa shape index (κ3) is 5.02. The van der Waals surface area contributed by atoms with Gasteiger partial charge < -0.3 is 0 Å². The lowest BCUT2D eigenvalue weighted by Gasteiger charge is -2.13. The van der Waals surface area contributed by atoms with E-state index in [1.165, 1.54) is 12.1 Å². The number of hydrogen-bond acceptors (Lipinski definition) is 4. The minimum atomic E-state index is -4.06. The van der Waals surface area contributed by atoms with Crippen molar-refractivity contribution in [2.45, 2.75) is 4.90 Å². The number of hydrogen-bond donors (Lipinski definition) is 3. The third-order valence-electron chi connectivity index (χ3n) is 3.95. The molecule has 30 heavy (non-hydrogen) atoms. The molecule has 0 saturated heterocycles. The summed E-state index contributed by atoms with van der Waals surface area (Å²) in [6, 6.07) is 16.8. The Kier molecular flexibility index (Phi) is 6.48. The summed E-state index contributed by atoms with van der Waals surface area (Å²) in [5.74, 6) is -1.86. The van der Waals surface area contributed by atoms with E-state index in [1.54, 1.807) is 36.4 Å². The van der Waals surface area contributed by atoms with E-state index in [2.05, 4.69) is 31.5 Å². The number of para-hydroxylation sites is 1. The number of carbonyl (C=O) groups is 2. The number of halogens is 2. The molecule has 0 aromatic heterocycles. The summed E-state index contributed by atoms with van der Waals surface area (Å²) in [4.78, 5) is 24.6. The highest BCUT2D eigenvalue weighted by molar-refractivity contribution is 9.10. The van der Waals surface area contributed by atoms with E-state index in [4.69, 9.17) is 0 Å². The number of sulfonamides is 1. The molecule has 0 aliphatic carbocycles. The summed E-state index contributed by atoms with van der Waals surface area (Å²) in [7, 11) is -4.06. The summed E-state index contributed by atoms with van der Waals surface area (Å²) < 4.78 is 41.0. The van der Waals surface area contributed by atoms with Crippen molar-refractivity contribution in [1.82, 2.24) is 10.9 Å². The Morgan fingerprint density at radius 1 is 0.767 bits per heavy atom. The molecule has 0 saturated carbocycles. The first-order valence-corrected chi connectivity index (χ1v) is 10.8. The van der Waals surface area contributed by atoms with Gasteiger partial charge in [0.1, 0.15) is 5.82 Å². The number of anilines is 1. The molecule has 0 radical (unpaired) electrons. The van der Waals surface area contributed by atoms with Crippen LogP contribution in [0.3, 0.4) is 0 Å². The normalized spacial score (nSPS) is 10.9. The van der Waals surface area contributed by atoms with Crippen LogP contribution in [0.5, 0.6) is 0 Å². The van der Waals surface area contributed by atoms with E-state index in [1.807, 2.05) is 0 Å². The van der Waals surface area contributed by atoms with Crippen LogP contribution in [0.4, 0.5) is 10.1 Å². The van der Waals surface area contributed by atoms with E-state index < -0.39 is 27.7 Å². The van der Waals surface area contributed by atoms with Crippen LogP contribution >= 0.6 is 15.9 Å². The number of nitrogens with one attached hydrogen (secondary N) is 3. The van der Waals surface area contributed by atoms with Crippen LogP contribution in [-0.2, 0) is 10.0 Å². The maximum atomic E-state index is 13.1. The average Bonchev–Trinajstić information content (AvgIpc) is 2.72. The fraction of sp³-hybridized carbons (Fsp3) is 0. The van der Waals surface area contributed by atoms with Gasteiger partial charge in [0.2, 0.25) is 0 Å². The Hall–Kier alpha value is -3.24. The molecule has 10 heteroatoms. The smallest absolute Gasteiger partial charge is 0.271 e. The maximum Gasteiger partial charge on any atom is 0.271 e. The van der Waals surface area contributed by atoms with Crippen molar-refractivity contribution in [2.75, 3.05) is 4.72 Å². The number of amides is 2. The van der Waals surface area contributed by atoms with Crippen molar-refractivity contribution in [3.8, 4) is 0 Å². The van der Waals surface area contributed by atoms with Gasteiger partial charge in [0.15, 0.2) is 0 Å². The van der Waals surface area contributed by atoms with Gasteiger partial charge in [-0.05, 0) is 64.5 Å². The summed E-state index contributed by atoms with van der Waals surface area (Å²) in [5, 5.41) is 0. The van der Waals surface area contributed by atoms with Crippen molar-refractivity contribution < 1.29 is 22.4 Å². The van der Waals surface area contributed by atoms with Gasteiger partial charge in [-0.3, -0.25) is 25.2 Å². The summed E-state index contributed by atoms with van der Waals surface area (Å²) in [6.07, 6.45) is 0. The minimum Gasteiger partial charge on any atom is -0.279 e. The van der Waals surface area contributed by atoms with Gasteiger partial charge >= 0.3 is 0 Å². The van der Waals surface area contributed by atoms with E-state index in [-0.39, 0.29) is 16.1 Å². The maximum absolute atomic E-state index is 13.1. The molecule has 3 aromatic carbocycles. The van der Waals surface area contributed by atoms with Gasteiger partial charge in [-0.2, -0.15) is 0 Å². The van der Waals surface area contributed by atoms with Crippen molar-refractivity contribution in [3.63, 3.8) is 0 Å². The first-order valence-electron chi connectivity index (χ1n) is 8.50. The average molecular weight is 492 g/mol. The molecule has 2 amide bonds. The third-order valence-corrected chi connectivity index (χ3v) is 6.02. The summed E-state index contributed by atoms with van der Waals surface area (Å²) in [6.45, 7) is 0. The van der Waals surface area contributed by atoms with Crippen molar-refractivity contribution >= 4 is 43.5 Å². The Balaban J connectivity index is 1.76. The zero-order valence-corrected chi connectivity index (χ0v) is 17.6. The second-order valence-corrected chi connectivity index (χ2v) is 8.53. The lowest BCUT2D eigenvalue weighted by atomic mass is 10.2. The molecule has 0 atom stereocenters. The van der Waals surface area contributed by atoms with Crippen molar-refractivity contribution in [3.05, 3.63) is 94.2 Å². The Bertz CT molecular complexity index is 1200. The van der Waals surface area contributed by atoms with Gasteiger partial charge in [0.25, 0.3) is 21.8 Å². The quantitative estimate of drug-likeness (QED) is 0.475. The predicted octanol–water partition coefficient (Wildman–Crippen LogP) is 3.46. The molecular weight excluding hydrogens is 477 g/mol. The van der Waals surface area contributed by atoms with Crippen LogP contribution in [0.2, 0.25) is 0 Å². The molecule has 154 valence electrons. The molecule has 0 unspecified atom stereocenters. The first-order chi connectivity index (χ1) is 14.3. The lowest BCUT2D eigenvalue weighted by molar-refractivity contribution is 0.0846. The van der Waals surface area contributed by atoms with E-state index in [0.717, 1.165) is 24.3 Å². The Labute approximate surface area is 180 Å². The number of benzene rings is 3. The molecule has 0 fully saturated rings. The molecular formula is C20H15BrFN3O4S. The zero-order valence-electron chi connectivity index (χ0n) is 15.2. The fourth-order valence-corrected chi connectivity index (χ4v) is 4.03. The first kappa shape index (κ1) is 21.5. The topological polar surface area (TPSA) is 104 Å². The van der Waals surface area contributed by atoms with Gasteiger partial charge in [0.05, 0.1) is 21.7 Å². The molecule has 0 aliphatic rings. The van der Waals surface area contributed by atoms with Crippen LogP contribution in [0, 0.1) is 5.82 Å². The highest BCUT2D eigenvalue weighted by Gasteiger charge is 2.19. The molecule has 0 heterocycles.